The van der Waals surface area contributed by atoms with Crippen LogP contribution < -0.4 is 10.6 Å². The lowest BCUT2D eigenvalue weighted by Gasteiger charge is -2.36. The average molecular weight is 477 g/mol. The zero-order valence-electron chi connectivity index (χ0n) is 19.7. The van der Waals surface area contributed by atoms with E-state index in [0.717, 1.165) is 19.3 Å². The van der Waals surface area contributed by atoms with E-state index in [0.29, 0.717) is 25.7 Å². The maximum atomic E-state index is 12.7. The Morgan fingerprint density at radius 1 is 0.857 bits per heavy atom. The van der Waals surface area contributed by atoms with Crippen LogP contribution >= 0.6 is 0 Å². The number of aliphatic carboxylic acids is 1. The van der Waals surface area contributed by atoms with E-state index in [2.05, 4.69) is 34.9 Å². The van der Waals surface area contributed by atoms with E-state index in [1.165, 1.54) is 22.3 Å². The van der Waals surface area contributed by atoms with Crippen molar-refractivity contribution in [3.63, 3.8) is 0 Å². The second-order valence-electron chi connectivity index (χ2n) is 10.0. The number of nitrogens with one attached hydrogen (secondary N) is 2. The first kappa shape index (κ1) is 23.4. The number of benzene rings is 2. The van der Waals surface area contributed by atoms with Crippen molar-refractivity contribution in [3.05, 3.63) is 59.7 Å². The highest BCUT2D eigenvalue weighted by Crippen LogP contribution is 2.44. The summed E-state index contributed by atoms with van der Waals surface area (Å²) < 4.78 is 5.60. The number of carboxylic acid groups (broad SMARTS) is 1. The fraction of sp³-hybridized carbons (Fsp3) is 0.464. The molecule has 7 nitrogen and oxygen atoms in total. The quantitative estimate of drug-likeness (QED) is 0.534. The minimum absolute atomic E-state index is 0.00910. The predicted octanol–water partition coefficient (Wildman–Crippen LogP) is 4.45. The van der Waals surface area contributed by atoms with Gasteiger partial charge < -0.3 is 20.5 Å². The topological polar surface area (TPSA) is 105 Å². The van der Waals surface area contributed by atoms with Crippen molar-refractivity contribution in [3.8, 4) is 11.1 Å². The zero-order valence-corrected chi connectivity index (χ0v) is 19.7. The Labute approximate surface area is 205 Å². The molecule has 7 heteroatoms. The van der Waals surface area contributed by atoms with Crippen molar-refractivity contribution in [1.82, 2.24) is 10.6 Å². The van der Waals surface area contributed by atoms with Gasteiger partial charge in [-0.05, 0) is 47.9 Å². The van der Waals surface area contributed by atoms with Gasteiger partial charge in [0, 0.05) is 23.9 Å². The number of amides is 2. The summed E-state index contributed by atoms with van der Waals surface area (Å²) in [4.78, 5) is 36.8. The molecular formula is C28H32N2O5. The molecule has 2 aromatic rings. The molecule has 0 aliphatic heterocycles. The molecule has 3 aliphatic rings. The van der Waals surface area contributed by atoms with Crippen molar-refractivity contribution < 1.29 is 24.2 Å². The number of alkyl carbamates (subject to hydrolysis) is 1. The van der Waals surface area contributed by atoms with E-state index in [4.69, 9.17) is 4.74 Å². The van der Waals surface area contributed by atoms with E-state index in [-0.39, 0.29) is 36.4 Å². The Kier molecular flexibility index (Phi) is 6.75. The fourth-order valence-electron chi connectivity index (χ4n) is 5.83. The first-order valence-corrected chi connectivity index (χ1v) is 12.7. The van der Waals surface area contributed by atoms with Crippen LogP contribution in [0.4, 0.5) is 4.79 Å². The molecule has 2 saturated carbocycles. The third-order valence-electron chi connectivity index (χ3n) is 7.84. The number of hydrogen-bond acceptors (Lipinski definition) is 4. The lowest BCUT2D eigenvalue weighted by Crippen LogP contribution is -2.52. The van der Waals surface area contributed by atoms with Gasteiger partial charge in [-0.15, -0.1) is 0 Å². The molecule has 0 aromatic heterocycles. The number of carboxylic acids is 1. The van der Waals surface area contributed by atoms with Gasteiger partial charge in [-0.25, -0.2) is 4.79 Å². The summed E-state index contributed by atoms with van der Waals surface area (Å²) >= 11 is 0. The van der Waals surface area contributed by atoms with Gasteiger partial charge in [0.1, 0.15) is 6.61 Å². The first-order valence-electron chi connectivity index (χ1n) is 12.7. The van der Waals surface area contributed by atoms with Gasteiger partial charge in [0.25, 0.3) is 0 Å². The van der Waals surface area contributed by atoms with E-state index < -0.39 is 18.0 Å². The third-order valence-corrected chi connectivity index (χ3v) is 7.84. The van der Waals surface area contributed by atoms with Crippen LogP contribution in [0, 0.1) is 11.8 Å². The lowest BCUT2D eigenvalue weighted by atomic mass is 9.79. The summed E-state index contributed by atoms with van der Waals surface area (Å²) in [6.45, 7) is 0.259. The lowest BCUT2D eigenvalue weighted by molar-refractivity contribution is -0.143. The predicted molar refractivity (Wildman–Crippen MR) is 131 cm³/mol. The standard InChI is InChI=1S/C28H32N2O5/c31-26(30-25-13-3-1-2-12-23(25)27(32)33)17-14-18(15-17)29-28(34)35-16-24-21-10-6-4-8-19(21)20-9-5-7-11-22(20)24/h4-11,17-18,23-25H,1-3,12-16H2,(H,29,34)(H,30,31)(H,32,33). The Morgan fingerprint density at radius 2 is 1.49 bits per heavy atom. The van der Waals surface area contributed by atoms with Gasteiger partial charge in [-0.2, -0.15) is 0 Å². The summed E-state index contributed by atoms with van der Waals surface area (Å²) in [6, 6.07) is 16.0. The molecule has 0 heterocycles. The first-order chi connectivity index (χ1) is 17.0. The number of carbonyl (C=O) groups excluding carboxylic acids is 2. The number of rotatable bonds is 6. The van der Waals surface area contributed by atoms with Crippen LogP contribution in [-0.4, -0.2) is 41.8 Å². The molecule has 0 spiro atoms. The van der Waals surface area contributed by atoms with Crippen molar-refractivity contribution in [2.24, 2.45) is 11.8 Å². The summed E-state index contributed by atoms with van der Waals surface area (Å²) in [6.07, 6.45) is 4.76. The largest absolute Gasteiger partial charge is 0.481 e. The second kappa shape index (κ2) is 10.1. The van der Waals surface area contributed by atoms with Gasteiger partial charge >= 0.3 is 12.1 Å². The molecule has 2 fully saturated rings. The van der Waals surface area contributed by atoms with Crippen LogP contribution in [0.1, 0.15) is 62.0 Å². The van der Waals surface area contributed by atoms with E-state index in [1.807, 2.05) is 24.3 Å². The molecule has 0 radical (unpaired) electrons. The highest BCUT2D eigenvalue weighted by molar-refractivity contribution is 5.82. The minimum Gasteiger partial charge on any atom is -0.481 e. The normalized spacial score (nSPS) is 25.4. The highest BCUT2D eigenvalue weighted by Gasteiger charge is 2.39. The fourth-order valence-corrected chi connectivity index (χ4v) is 5.83. The van der Waals surface area contributed by atoms with Gasteiger partial charge in [-0.1, -0.05) is 67.8 Å². The molecule has 184 valence electrons. The molecule has 3 N–H and O–H groups in total. The van der Waals surface area contributed by atoms with Crippen molar-refractivity contribution >= 4 is 18.0 Å². The van der Waals surface area contributed by atoms with Crippen molar-refractivity contribution in [1.29, 1.82) is 0 Å². The Balaban J connectivity index is 1.10. The van der Waals surface area contributed by atoms with Crippen LogP contribution in [0.3, 0.4) is 0 Å². The van der Waals surface area contributed by atoms with Crippen LogP contribution in [0.2, 0.25) is 0 Å². The van der Waals surface area contributed by atoms with E-state index >= 15 is 0 Å². The maximum absolute atomic E-state index is 12.7. The molecule has 2 amide bonds. The molecule has 2 atom stereocenters. The number of fused-ring (bicyclic) bond motifs is 3. The molecule has 0 bridgehead atoms. The van der Waals surface area contributed by atoms with Crippen LogP contribution in [0.5, 0.6) is 0 Å². The smallest absolute Gasteiger partial charge is 0.407 e. The van der Waals surface area contributed by atoms with Crippen molar-refractivity contribution in [2.45, 2.75) is 62.9 Å². The zero-order chi connectivity index (χ0) is 24.4. The van der Waals surface area contributed by atoms with Gasteiger partial charge in [-0.3, -0.25) is 9.59 Å². The molecule has 3 aliphatic carbocycles. The van der Waals surface area contributed by atoms with Crippen LogP contribution in [0.15, 0.2) is 48.5 Å². The van der Waals surface area contributed by atoms with Gasteiger partial charge in [0.15, 0.2) is 0 Å². The monoisotopic (exact) mass is 476 g/mol. The van der Waals surface area contributed by atoms with Crippen LogP contribution in [-0.2, 0) is 14.3 Å². The molecule has 0 saturated heterocycles. The molecule has 35 heavy (non-hydrogen) atoms. The summed E-state index contributed by atoms with van der Waals surface area (Å²) in [5.41, 5.74) is 4.70. The Hall–Kier alpha value is -3.35. The summed E-state index contributed by atoms with van der Waals surface area (Å²) in [5.74, 6) is -1.65. The number of ether oxygens (including phenoxy) is 1. The SMILES string of the molecule is O=C(NC1CC(C(=O)NC2CCCCCC2C(=O)O)C1)OCC1c2ccccc2-c2ccccc21. The Bertz CT molecular complexity index is 1060. The number of hydrogen-bond donors (Lipinski definition) is 3. The maximum Gasteiger partial charge on any atom is 0.407 e. The summed E-state index contributed by atoms with van der Waals surface area (Å²) in [5, 5.41) is 15.4. The molecular weight excluding hydrogens is 444 g/mol. The Morgan fingerprint density at radius 3 is 2.14 bits per heavy atom. The third kappa shape index (κ3) is 4.90. The van der Waals surface area contributed by atoms with E-state index in [9.17, 15) is 19.5 Å². The minimum atomic E-state index is -0.833. The highest BCUT2D eigenvalue weighted by atomic mass is 16.5. The van der Waals surface area contributed by atoms with Gasteiger partial charge in [0.05, 0.1) is 5.92 Å². The average Bonchev–Trinajstić information content (AvgIpc) is 2.96. The van der Waals surface area contributed by atoms with Crippen LogP contribution in [0.25, 0.3) is 11.1 Å². The van der Waals surface area contributed by atoms with Gasteiger partial charge in [0.2, 0.25) is 5.91 Å². The molecule has 2 aromatic carbocycles. The number of carbonyl (C=O) groups is 3. The van der Waals surface area contributed by atoms with E-state index in [1.54, 1.807) is 0 Å². The van der Waals surface area contributed by atoms with Crippen molar-refractivity contribution in [2.75, 3.05) is 6.61 Å². The summed E-state index contributed by atoms with van der Waals surface area (Å²) in [7, 11) is 0. The second-order valence-corrected chi connectivity index (χ2v) is 10.0. The molecule has 2 unspecified atom stereocenters. The molecule has 5 rings (SSSR count).